The summed E-state index contributed by atoms with van der Waals surface area (Å²) in [7, 11) is 2.23. The number of nitrogens with zero attached hydrogens (tertiary/aromatic N) is 1. The van der Waals surface area contributed by atoms with Crippen LogP contribution in [-0.4, -0.2) is 30.6 Å². The van der Waals surface area contributed by atoms with Crippen LogP contribution in [0, 0.1) is 5.92 Å². The molecule has 1 unspecified atom stereocenters. The lowest BCUT2D eigenvalue weighted by Crippen LogP contribution is -2.33. The molecule has 0 amide bonds. The zero-order valence-corrected chi connectivity index (χ0v) is 14.1. The van der Waals surface area contributed by atoms with Crippen molar-refractivity contribution in [1.29, 1.82) is 0 Å². The molecular weight excluding hydrogens is 244 g/mol. The zero-order chi connectivity index (χ0) is 15.1. The van der Waals surface area contributed by atoms with E-state index in [-0.39, 0.29) is 0 Å². The van der Waals surface area contributed by atoms with Gasteiger partial charge in [0.25, 0.3) is 0 Å². The van der Waals surface area contributed by atoms with Gasteiger partial charge < -0.3 is 5.32 Å². The molecule has 0 aliphatic rings. The quantitative estimate of drug-likeness (QED) is 0.779. The molecule has 1 rings (SSSR count). The molecule has 2 nitrogen and oxygen atoms in total. The van der Waals surface area contributed by atoms with Crippen LogP contribution >= 0.6 is 0 Å². The smallest absolute Gasteiger partial charge is 0.0236 e. The maximum Gasteiger partial charge on any atom is 0.0236 e. The second kappa shape index (κ2) is 8.43. The Labute approximate surface area is 125 Å². The van der Waals surface area contributed by atoms with Gasteiger partial charge in [-0.25, -0.2) is 0 Å². The maximum absolute atomic E-state index is 3.50. The lowest BCUT2D eigenvalue weighted by Gasteiger charge is -2.28. The summed E-state index contributed by atoms with van der Waals surface area (Å²) in [5.74, 6) is 0.690. The fraction of sp³-hybridized carbons (Fsp3) is 0.667. The molecular formula is C18H32N2. The van der Waals surface area contributed by atoms with E-state index in [4.69, 9.17) is 0 Å². The van der Waals surface area contributed by atoms with Crippen molar-refractivity contribution in [3.8, 4) is 0 Å². The van der Waals surface area contributed by atoms with Crippen LogP contribution < -0.4 is 5.32 Å². The second-order valence-electron chi connectivity index (χ2n) is 6.53. The van der Waals surface area contributed by atoms with Crippen molar-refractivity contribution in [2.24, 2.45) is 5.92 Å². The number of benzene rings is 1. The molecule has 1 aromatic carbocycles. The number of nitrogens with one attached hydrogen (secondary N) is 1. The van der Waals surface area contributed by atoms with Gasteiger partial charge in [0.2, 0.25) is 0 Å². The molecule has 0 aromatic heterocycles. The Kier molecular flexibility index (Phi) is 7.25. The molecule has 0 fully saturated rings. The van der Waals surface area contributed by atoms with E-state index in [1.54, 1.807) is 0 Å². The molecule has 20 heavy (non-hydrogen) atoms. The van der Waals surface area contributed by atoms with Gasteiger partial charge in [0.1, 0.15) is 0 Å². The number of hydrogen-bond acceptors (Lipinski definition) is 2. The van der Waals surface area contributed by atoms with Crippen molar-refractivity contribution in [3.63, 3.8) is 0 Å². The van der Waals surface area contributed by atoms with Crippen LogP contribution in [0.4, 0.5) is 0 Å². The van der Waals surface area contributed by atoms with Crippen LogP contribution in [0.15, 0.2) is 24.3 Å². The molecule has 0 aliphatic carbocycles. The Bertz CT molecular complexity index is 385. The summed E-state index contributed by atoms with van der Waals surface area (Å²) in [6, 6.07) is 10.0. The summed E-state index contributed by atoms with van der Waals surface area (Å²) in [5, 5.41) is 3.50. The third-order valence-electron chi connectivity index (χ3n) is 4.15. The molecule has 0 heterocycles. The molecule has 1 N–H and O–H groups in total. The van der Waals surface area contributed by atoms with Gasteiger partial charge in [0, 0.05) is 18.6 Å². The van der Waals surface area contributed by atoms with Gasteiger partial charge in [-0.2, -0.15) is 0 Å². The molecule has 0 radical (unpaired) electrons. The first-order chi connectivity index (χ1) is 9.41. The molecule has 0 bridgehead atoms. The predicted molar refractivity (Wildman–Crippen MR) is 89.1 cm³/mol. The average Bonchev–Trinajstić information content (AvgIpc) is 2.39. The lowest BCUT2D eigenvalue weighted by molar-refractivity contribution is 0.200. The Morgan fingerprint density at radius 3 is 2.15 bits per heavy atom. The van der Waals surface area contributed by atoms with Gasteiger partial charge in [0.05, 0.1) is 0 Å². The Hall–Kier alpha value is -0.860. The molecule has 0 saturated heterocycles. The maximum atomic E-state index is 3.50. The van der Waals surface area contributed by atoms with E-state index < -0.39 is 0 Å². The van der Waals surface area contributed by atoms with E-state index in [0.717, 1.165) is 19.5 Å². The lowest BCUT2D eigenvalue weighted by atomic mass is 10.0. The summed E-state index contributed by atoms with van der Waals surface area (Å²) in [5.41, 5.74) is 2.94. The summed E-state index contributed by atoms with van der Waals surface area (Å²) in [6.07, 6.45) is 1.11. The first kappa shape index (κ1) is 17.2. The number of hydrogen-bond donors (Lipinski definition) is 1. The van der Waals surface area contributed by atoms with E-state index >= 15 is 0 Å². The third kappa shape index (κ3) is 5.64. The Morgan fingerprint density at radius 1 is 1.00 bits per heavy atom. The minimum atomic E-state index is 0.561. The molecule has 114 valence electrons. The molecule has 2 heteroatoms. The second-order valence-corrected chi connectivity index (χ2v) is 6.53. The third-order valence-corrected chi connectivity index (χ3v) is 4.15. The summed E-state index contributed by atoms with van der Waals surface area (Å²) >= 11 is 0. The van der Waals surface area contributed by atoms with Gasteiger partial charge in [0.15, 0.2) is 0 Å². The van der Waals surface area contributed by atoms with Gasteiger partial charge in [-0.15, -0.1) is 0 Å². The van der Waals surface area contributed by atoms with Gasteiger partial charge in [-0.3, -0.25) is 4.90 Å². The van der Waals surface area contributed by atoms with Crippen LogP contribution in [0.3, 0.4) is 0 Å². The van der Waals surface area contributed by atoms with Gasteiger partial charge >= 0.3 is 0 Å². The Morgan fingerprint density at radius 2 is 1.60 bits per heavy atom. The summed E-state index contributed by atoms with van der Waals surface area (Å²) < 4.78 is 0. The fourth-order valence-corrected chi connectivity index (χ4v) is 2.37. The average molecular weight is 276 g/mol. The van der Waals surface area contributed by atoms with Crippen molar-refractivity contribution in [2.45, 2.75) is 59.7 Å². The highest BCUT2D eigenvalue weighted by Gasteiger charge is 2.14. The van der Waals surface area contributed by atoms with E-state index in [1.165, 1.54) is 11.1 Å². The SMILES string of the molecule is CC(C)NCCc1ccccc1CN(C)C(C)C(C)C. The summed E-state index contributed by atoms with van der Waals surface area (Å²) in [4.78, 5) is 2.46. The van der Waals surface area contributed by atoms with E-state index in [0.29, 0.717) is 18.0 Å². The minimum Gasteiger partial charge on any atom is -0.314 e. The van der Waals surface area contributed by atoms with Crippen LogP contribution in [0.1, 0.15) is 45.7 Å². The van der Waals surface area contributed by atoms with Crippen molar-refractivity contribution >= 4 is 0 Å². The van der Waals surface area contributed by atoms with E-state index in [2.05, 4.69) is 76.1 Å². The highest BCUT2D eigenvalue weighted by atomic mass is 15.1. The molecule has 0 aliphatic heterocycles. The van der Waals surface area contributed by atoms with Crippen molar-refractivity contribution < 1.29 is 0 Å². The van der Waals surface area contributed by atoms with Crippen molar-refractivity contribution in [2.75, 3.05) is 13.6 Å². The summed E-state index contributed by atoms with van der Waals surface area (Å²) in [6.45, 7) is 13.4. The first-order valence-corrected chi connectivity index (χ1v) is 7.92. The molecule has 0 saturated carbocycles. The first-order valence-electron chi connectivity index (χ1n) is 7.92. The van der Waals surface area contributed by atoms with Crippen LogP contribution in [0.5, 0.6) is 0 Å². The van der Waals surface area contributed by atoms with E-state index in [9.17, 15) is 0 Å². The van der Waals surface area contributed by atoms with Gasteiger partial charge in [-0.1, -0.05) is 52.0 Å². The van der Waals surface area contributed by atoms with Crippen LogP contribution in [0.25, 0.3) is 0 Å². The molecule has 1 aromatic rings. The highest BCUT2D eigenvalue weighted by Crippen LogP contribution is 2.16. The number of rotatable bonds is 8. The van der Waals surface area contributed by atoms with Gasteiger partial charge in [-0.05, 0) is 44.0 Å². The largest absolute Gasteiger partial charge is 0.314 e. The van der Waals surface area contributed by atoms with E-state index in [1.807, 2.05) is 0 Å². The van der Waals surface area contributed by atoms with Crippen LogP contribution in [-0.2, 0) is 13.0 Å². The highest BCUT2D eigenvalue weighted by molar-refractivity contribution is 5.27. The Balaban J connectivity index is 2.65. The van der Waals surface area contributed by atoms with Crippen LogP contribution in [0.2, 0.25) is 0 Å². The molecule has 1 atom stereocenters. The zero-order valence-electron chi connectivity index (χ0n) is 14.1. The standard InChI is InChI=1S/C18H32N2/c1-14(2)16(5)20(6)13-18-10-8-7-9-17(18)11-12-19-15(3)4/h7-10,14-16,19H,11-13H2,1-6H3. The van der Waals surface area contributed by atoms with Crippen molar-refractivity contribution in [3.05, 3.63) is 35.4 Å². The topological polar surface area (TPSA) is 15.3 Å². The minimum absolute atomic E-state index is 0.561. The predicted octanol–water partition coefficient (Wildman–Crippen LogP) is 3.70. The monoisotopic (exact) mass is 276 g/mol. The normalized spacial score (nSPS) is 13.4. The van der Waals surface area contributed by atoms with Crippen molar-refractivity contribution in [1.82, 2.24) is 10.2 Å². The fourth-order valence-electron chi connectivity index (χ4n) is 2.37. The molecule has 0 spiro atoms.